The normalized spacial score (nSPS) is 14.5. The van der Waals surface area contributed by atoms with Crippen molar-refractivity contribution in [2.75, 3.05) is 30.5 Å². The van der Waals surface area contributed by atoms with E-state index in [1.807, 2.05) is 24.3 Å². The van der Waals surface area contributed by atoms with Gasteiger partial charge in [-0.15, -0.1) is 0 Å². The molecule has 2 heterocycles. The van der Waals surface area contributed by atoms with Gasteiger partial charge < -0.3 is 20.1 Å². The molecule has 0 fully saturated rings. The summed E-state index contributed by atoms with van der Waals surface area (Å²) in [6.07, 6.45) is 1.64. The molecule has 2 N–H and O–H groups in total. The van der Waals surface area contributed by atoms with Gasteiger partial charge in [0, 0.05) is 24.8 Å². The molecule has 1 atom stereocenters. The van der Waals surface area contributed by atoms with E-state index in [2.05, 4.69) is 36.0 Å². The summed E-state index contributed by atoms with van der Waals surface area (Å²) in [5.74, 6) is 1.39. The number of methoxy groups -OCH3 is 1. The predicted octanol–water partition coefficient (Wildman–Crippen LogP) is 2.82. The highest BCUT2D eigenvalue weighted by Gasteiger charge is 2.21. The molecule has 0 amide bonds. The van der Waals surface area contributed by atoms with Gasteiger partial charge in [-0.3, -0.25) is 0 Å². The Labute approximate surface area is 172 Å². The van der Waals surface area contributed by atoms with Crippen molar-refractivity contribution in [2.45, 2.75) is 46.2 Å². The number of esters is 1. The Hall–Kier alpha value is -2.67. The summed E-state index contributed by atoms with van der Waals surface area (Å²) in [4.78, 5) is 23.3. The maximum Gasteiger partial charge on any atom is 0.337 e. The number of aliphatic hydroxyl groups is 1. The van der Waals surface area contributed by atoms with Crippen LogP contribution in [0.3, 0.4) is 0 Å². The first-order chi connectivity index (χ1) is 13.9. The lowest BCUT2D eigenvalue weighted by atomic mass is 9.97. The zero-order valence-corrected chi connectivity index (χ0v) is 17.6. The van der Waals surface area contributed by atoms with Gasteiger partial charge in [0.1, 0.15) is 5.82 Å². The first-order valence-electron chi connectivity index (χ1n) is 10.2. The van der Waals surface area contributed by atoms with Crippen molar-refractivity contribution in [2.24, 2.45) is 5.92 Å². The fraction of sp³-hybridized carbons (Fsp3) is 0.500. The first-order valence-corrected chi connectivity index (χ1v) is 10.2. The summed E-state index contributed by atoms with van der Waals surface area (Å²) in [5.41, 5.74) is 3.91. The first kappa shape index (κ1) is 21.0. The minimum absolute atomic E-state index is 0.0341. The number of ether oxygens (including phenoxy) is 1. The average molecular weight is 399 g/mol. The van der Waals surface area contributed by atoms with Crippen LogP contribution >= 0.6 is 0 Å². The molecule has 0 unspecified atom stereocenters. The number of aryl methyl sites for hydroxylation is 1. The molecule has 1 aliphatic rings. The third-order valence-electron chi connectivity index (χ3n) is 5.41. The summed E-state index contributed by atoms with van der Waals surface area (Å²) >= 11 is 0. The van der Waals surface area contributed by atoms with Gasteiger partial charge in [-0.25, -0.2) is 9.78 Å². The summed E-state index contributed by atoms with van der Waals surface area (Å²) in [5, 5.41) is 12.9. The van der Waals surface area contributed by atoms with E-state index in [1.54, 1.807) is 0 Å². The van der Waals surface area contributed by atoms with Crippen molar-refractivity contribution in [1.29, 1.82) is 0 Å². The van der Waals surface area contributed by atoms with E-state index in [0.29, 0.717) is 11.5 Å². The van der Waals surface area contributed by atoms with Crippen LogP contribution in [0.1, 0.15) is 48.0 Å². The van der Waals surface area contributed by atoms with Crippen molar-refractivity contribution in [3.05, 3.63) is 46.6 Å². The fourth-order valence-corrected chi connectivity index (χ4v) is 3.47. The number of rotatable bonds is 7. The van der Waals surface area contributed by atoms with E-state index in [1.165, 1.54) is 18.2 Å². The number of fused-ring (bicyclic) bond motifs is 1. The standard InChI is InChI=1S/C22H30N4O3/c1-5-18-11-20(25-22(23-18)24-19(13-27)14(2)3)26-9-8-15-10-16(21(28)29-4)6-7-17(15)12-26/h6-7,10-11,14,19,27H,5,8-9,12-13H2,1-4H3,(H,23,24,25)/t19-/m0/s1. The average Bonchev–Trinajstić information content (AvgIpc) is 2.75. The van der Waals surface area contributed by atoms with Crippen LogP contribution < -0.4 is 10.2 Å². The Bertz CT molecular complexity index is 869. The van der Waals surface area contributed by atoms with Crippen LogP contribution in [0.15, 0.2) is 24.3 Å². The van der Waals surface area contributed by atoms with Gasteiger partial charge in [0.2, 0.25) is 5.95 Å². The molecular formula is C22H30N4O3. The number of aliphatic hydroxyl groups excluding tert-OH is 1. The lowest BCUT2D eigenvalue weighted by Crippen LogP contribution is -2.33. The van der Waals surface area contributed by atoms with Crippen molar-refractivity contribution >= 4 is 17.7 Å². The number of anilines is 2. The number of carbonyl (C=O) groups is 1. The SMILES string of the molecule is CCc1cc(N2CCc3cc(C(=O)OC)ccc3C2)nc(N[C@@H](CO)C(C)C)n1. The summed E-state index contributed by atoms with van der Waals surface area (Å²) < 4.78 is 4.82. The number of nitrogens with zero attached hydrogens (tertiary/aromatic N) is 3. The maximum atomic E-state index is 11.8. The lowest BCUT2D eigenvalue weighted by molar-refractivity contribution is 0.0600. The molecule has 0 spiro atoms. The van der Waals surface area contributed by atoms with Gasteiger partial charge in [-0.2, -0.15) is 4.98 Å². The highest BCUT2D eigenvalue weighted by atomic mass is 16.5. The van der Waals surface area contributed by atoms with E-state index >= 15 is 0 Å². The van der Waals surface area contributed by atoms with Crippen molar-refractivity contribution in [3.63, 3.8) is 0 Å². The van der Waals surface area contributed by atoms with E-state index in [4.69, 9.17) is 9.72 Å². The molecule has 1 aliphatic heterocycles. The Morgan fingerprint density at radius 2 is 2.07 bits per heavy atom. The topological polar surface area (TPSA) is 87.6 Å². The zero-order valence-electron chi connectivity index (χ0n) is 17.6. The summed E-state index contributed by atoms with van der Waals surface area (Å²) in [6, 6.07) is 7.68. The second kappa shape index (κ2) is 9.22. The van der Waals surface area contributed by atoms with E-state index < -0.39 is 0 Å². The Morgan fingerprint density at radius 3 is 2.72 bits per heavy atom. The van der Waals surface area contributed by atoms with Gasteiger partial charge in [0.05, 0.1) is 25.3 Å². The van der Waals surface area contributed by atoms with E-state index in [-0.39, 0.29) is 24.5 Å². The Kier molecular flexibility index (Phi) is 6.69. The maximum absolute atomic E-state index is 11.8. The molecule has 0 aliphatic carbocycles. The van der Waals surface area contributed by atoms with E-state index in [9.17, 15) is 9.90 Å². The molecular weight excluding hydrogens is 368 g/mol. The molecule has 0 saturated heterocycles. The Morgan fingerprint density at radius 1 is 1.28 bits per heavy atom. The number of nitrogens with one attached hydrogen (secondary N) is 1. The third kappa shape index (κ3) is 4.85. The van der Waals surface area contributed by atoms with Gasteiger partial charge in [0.15, 0.2) is 0 Å². The second-order valence-corrected chi connectivity index (χ2v) is 7.72. The minimum atomic E-state index is -0.307. The van der Waals surface area contributed by atoms with E-state index in [0.717, 1.165) is 37.4 Å². The quantitative estimate of drug-likeness (QED) is 0.694. The van der Waals surface area contributed by atoms with Crippen LogP contribution in [0.25, 0.3) is 0 Å². The number of carbonyl (C=O) groups excluding carboxylic acids is 1. The summed E-state index contributed by atoms with van der Waals surface area (Å²) in [6.45, 7) is 7.76. The smallest absolute Gasteiger partial charge is 0.337 e. The number of hydrogen-bond donors (Lipinski definition) is 2. The molecule has 0 radical (unpaired) electrons. The Balaban J connectivity index is 1.84. The van der Waals surface area contributed by atoms with Crippen LogP contribution in [0, 0.1) is 5.92 Å². The molecule has 0 bridgehead atoms. The van der Waals surface area contributed by atoms with Gasteiger partial charge in [-0.05, 0) is 42.0 Å². The lowest BCUT2D eigenvalue weighted by Gasteiger charge is -2.31. The highest BCUT2D eigenvalue weighted by molar-refractivity contribution is 5.89. The highest BCUT2D eigenvalue weighted by Crippen LogP contribution is 2.26. The number of benzene rings is 1. The molecule has 7 heteroatoms. The molecule has 1 aromatic heterocycles. The number of aromatic nitrogens is 2. The largest absolute Gasteiger partial charge is 0.465 e. The predicted molar refractivity (Wildman–Crippen MR) is 113 cm³/mol. The molecule has 0 saturated carbocycles. The molecule has 29 heavy (non-hydrogen) atoms. The van der Waals surface area contributed by atoms with Crippen LogP contribution in [0.2, 0.25) is 0 Å². The molecule has 156 valence electrons. The van der Waals surface area contributed by atoms with Crippen LogP contribution in [-0.4, -0.2) is 47.3 Å². The third-order valence-corrected chi connectivity index (χ3v) is 5.41. The van der Waals surface area contributed by atoms with Crippen molar-refractivity contribution in [1.82, 2.24) is 9.97 Å². The fourth-order valence-electron chi connectivity index (χ4n) is 3.47. The van der Waals surface area contributed by atoms with Crippen molar-refractivity contribution < 1.29 is 14.6 Å². The van der Waals surface area contributed by atoms with Crippen molar-refractivity contribution in [3.8, 4) is 0 Å². The molecule has 1 aromatic carbocycles. The number of hydrogen-bond acceptors (Lipinski definition) is 7. The van der Waals surface area contributed by atoms with Crippen LogP contribution in [0.5, 0.6) is 0 Å². The van der Waals surface area contributed by atoms with Gasteiger partial charge in [-0.1, -0.05) is 26.8 Å². The monoisotopic (exact) mass is 398 g/mol. The second-order valence-electron chi connectivity index (χ2n) is 7.72. The van der Waals surface area contributed by atoms with Gasteiger partial charge >= 0.3 is 5.97 Å². The van der Waals surface area contributed by atoms with Crippen LogP contribution in [-0.2, 0) is 24.1 Å². The van der Waals surface area contributed by atoms with Crippen LogP contribution in [0.4, 0.5) is 11.8 Å². The summed E-state index contributed by atoms with van der Waals surface area (Å²) in [7, 11) is 1.40. The molecule has 7 nitrogen and oxygen atoms in total. The molecule has 3 rings (SSSR count). The zero-order chi connectivity index (χ0) is 21.0. The van der Waals surface area contributed by atoms with Gasteiger partial charge in [0.25, 0.3) is 0 Å². The molecule has 2 aromatic rings. The minimum Gasteiger partial charge on any atom is -0.465 e.